The number of halogens is 3. The van der Waals surface area contributed by atoms with E-state index in [0.29, 0.717) is 40.7 Å². The Hall–Kier alpha value is -3.00. The number of ketones is 1. The molecule has 7 nitrogen and oxygen atoms in total. The molecule has 3 aromatic carbocycles. The zero-order valence-electron chi connectivity index (χ0n) is 17.1. The molecule has 1 heterocycles. The molecule has 0 aliphatic carbocycles. The Morgan fingerprint density at radius 1 is 0.941 bits per heavy atom. The SMILES string of the molecule is O=C(O)COc1c(I)cc(C(=O)c2cc3cc(NC(=O)c4ccc(F)cc4)ccc3o2)cc1I. The van der Waals surface area contributed by atoms with Crippen molar-refractivity contribution >= 4 is 79.5 Å². The smallest absolute Gasteiger partial charge is 0.341 e. The molecular formula is C24H14FI2NO6. The molecule has 0 radical (unpaired) electrons. The van der Waals surface area contributed by atoms with Gasteiger partial charge in [0.1, 0.15) is 17.1 Å². The van der Waals surface area contributed by atoms with E-state index < -0.39 is 24.3 Å². The maximum absolute atomic E-state index is 13.1. The molecule has 0 unspecified atom stereocenters. The van der Waals surface area contributed by atoms with Gasteiger partial charge in [0.15, 0.2) is 12.4 Å². The molecule has 0 saturated heterocycles. The van der Waals surface area contributed by atoms with Gasteiger partial charge in [-0.2, -0.15) is 0 Å². The largest absolute Gasteiger partial charge is 0.480 e. The molecular weight excluding hydrogens is 671 g/mol. The number of carboxylic acids is 1. The Morgan fingerprint density at radius 2 is 1.62 bits per heavy atom. The first-order chi connectivity index (χ1) is 16.2. The molecule has 0 bridgehead atoms. The second kappa shape index (κ2) is 10.1. The van der Waals surface area contributed by atoms with Crippen molar-refractivity contribution in [2.75, 3.05) is 11.9 Å². The van der Waals surface area contributed by atoms with Crippen LogP contribution in [0.4, 0.5) is 10.1 Å². The lowest BCUT2D eigenvalue weighted by atomic mass is 10.1. The number of benzene rings is 3. The predicted molar refractivity (Wildman–Crippen MR) is 139 cm³/mol. The average molecular weight is 685 g/mol. The number of hydrogen-bond acceptors (Lipinski definition) is 5. The Kier molecular flexibility index (Phi) is 7.16. The third-order valence-electron chi connectivity index (χ3n) is 4.70. The van der Waals surface area contributed by atoms with Crippen molar-refractivity contribution in [2.24, 2.45) is 0 Å². The highest BCUT2D eigenvalue weighted by molar-refractivity contribution is 14.1. The molecule has 4 rings (SSSR count). The fourth-order valence-corrected chi connectivity index (χ4v) is 5.22. The number of furan rings is 1. The molecule has 4 aromatic rings. The van der Waals surface area contributed by atoms with Crippen LogP contribution in [-0.2, 0) is 4.79 Å². The summed E-state index contributed by atoms with van der Waals surface area (Å²) in [4.78, 5) is 36.2. The summed E-state index contributed by atoms with van der Waals surface area (Å²) >= 11 is 3.96. The number of fused-ring (bicyclic) bond motifs is 1. The van der Waals surface area contributed by atoms with Crippen molar-refractivity contribution in [1.29, 1.82) is 0 Å². The van der Waals surface area contributed by atoms with Crippen LogP contribution >= 0.6 is 45.2 Å². The summed E-state index contributed by atoms with van der Waals surface area (Å²) < 4.78 is 25.3. The molecule has 0 saturated carbocycles. The molecule has 0 spiro atoms. The van der Waals surface area contributed by atoms with Gasteiger partial charge in [-0.3, -0.25) is 9.59 Å². The van der Waals surface area contributed by atoms with Crippen molar-refractivity contribution in [1.82, 2.24) is 0 Å². The van der Waals surface area contributed by atoms with E-state index in [2.05, 4.69) is 5.32 Å². The van der Waals surface area contributed by atoms with Crippen molar-refractivity contribution < 1.29 is 33.0 Å². The first-order valence-electron chi connectivity index (χ1n) is 9.70. The van der Waals surface area contributed by atoms with Crippen LogP contribution in [0.1, 0.15) is 26.5 Å². The number of amides is 1. The van der Waals surface area contributed by atoms with Crippen LogP contribution in [0, 0.1) is 13.0 Å². The Labute approximate surface area is 219 Å². The summed E-state index contributed by atoms with van der Waals surface area (Å²) in [7, 11) is 0. The Bertz CT molecular complexity index is 1410. The predicted octanol–water partition coefficient (Wildman–Crippen LogP) is 5.73. The van der Waals surface area contributed by atoms with Gasteiger partial charge in [-0.05, 0) is 106 Å². The number of hydrogen-bond donors (Lipinski definition) is 2. The van der Waals surface area contributed by atoms with Crippen molar-refractivity contribution in [3.05, 3.63) is 90.5 Å². The van der Waals surface area contributed by atoms with Gasteiger partial charge < -0.3 is 19.6 Å². The van der Waals surface area contributed by atoms with E-state index in [1.165, 1.54) is 24.3 Å². The summed E-state index contributed by atoms with van der Waals surface area (Å²) in [5.74, 6) is -1.76. The number of carbonyl (C=O) groups excluding carboxylic acids is 2. The second-order valence-electron chi connectivity index (χ2n) is 7.10. The van der Waals surface area contributed by atoms with Gasteiger partial charge in [-0.1, -0.05) is 0 Å². The van der Waals surface area contributed by atoms with Gasteiger partial charge in [0.25, 0.3) is 5.91 Å². The lowest BCUT2D eigenvalue weighted by Crippen LogP contribution is -2.11. The van der Waals surface area contributed by atoms with Crippen LogP contribution in [0.15, 0.2) is 65.1 Å². The number of ether oxygens (including phenoxy) is 1. The van der Waals surface area contributed by atoms with E-state index in [1.807, 2.05) is 45.2 Å². The fourth-order valence-electron chi connectivity index (χ4n) is 3.14. The highest BCUT2D eigenvalue weighted by Gasteiger charge is 2.19. The zero-order valence-corrected chi connectivity index (χ0v) is 21.4. The highest BCUT2D eigenvalue weighted by atomic mass is 127. The van der Waals surface area contributed by atoms with Crippen LogP contribution in [-0.4, -0.2) is 29.4 Å². The standard InChI is InChI=1S/C24H14FI2NO6/c25-15-3-1-12(2-4-15)24(32)28-16-5-6-19-13(7-16)10-20(34-19)22(31)14-8-17(26)23(18(27)9-14)33-11-21(29)30/h1-10H,11H2,(H,28,32)(H,29,30). The lowest BCUT2D eigenvalue weighted by Gasteiger charge is -2.10. The van der Waals surface area contributed by atoms with Crippen LogP contribution in [0.25, 0.3) is 11.0 Å². The third kappa shape index (κ3) is 5.38. The molecule has 34 heavy (non-hydrogen) atoms. The van der Waals surface area contributed by atoms with E-state index >= 15 is 0 Å². The molecule has 10 heteroatoms. The summed E-state index contributed by atoms with van der Waals surface area (Å²) in [6.07, 6.45) is 0. The second-order valence-corrected chi connectivity index (χ2v) is 9.43. The van der Waals surface area contributed by atoms with Crippen LogP contribution < -0.4 is 10.1 Å². The fraction of sp³-hybridized carbons (Fsp3) is 0.0417. The molecule has 1 aromatic heterocycles. The van der Waals surface area contributed by atoms with E-state index in [4.69, 9.17) is 14.3 Å². The van der Waals surface area contributed by atoms with Crippen LogP contribution in [0.5, 0.6) is 5.75 Å². The Balaban J connectivity index is 1.56. The summed E-state index contributed by atoms with van der Waals surface area (Å²) in [5.41, 5.74) is 1.63. The first kappa shape index (κ1) is 24.1. The number of carbonyl (C=O) groups is 3. The molecule has 0 aliphatic rings. The van der Waals surface area contributed by atoms with Gasteiger partial charge in [0.05, 0.1) is 7.14 Å². The average Bonchev–Trinajstić information content (AvgIpc) is 3.21. The number of carboxylic acid groups (broad SMARTS) is 1. The quantitative estimate of drug-likeness (QED) is 0.190. The molecule has 2 N–H and O–H groups in total. The van der Waals surface area contributed by atoms with Gasteiger partial charge in [-0.15, -0.1) is 0 Å². The number of rotatable bonds is 7. The van der Waals surface area contributed by atoms with Crippen LogP contribution in [0.2, 0.25) is 0 Å². The lowest BCUT2D eigenvalue weighted by molar-refractivity contribution is -0.139. The molecule has 172 valence electrons. The monoisotopic (exact) mass is 685 g/mol. The van der Waals surface area contributed by atoms with E-state index in [-0.39, 0.29) is 11.5 Å². The minimum Gasteiger partial charge on any atom is -0.480 e. The number of aliphatic carboxylic acids is 1. The zero-order chi connectivity index (χ0) is 24.4. The van der Waals surface area contributed by atoms with Crippen molar-refractivity contribution in [3.8, 4) is 5.75 Å². The van der Waals surface area contributed by atoms with E-state index in [1.54, 1.807) is 36.4 Å². The molecule has 0 fully saturated rings. The minimum absolute atomic E-state index is 0.114. The van der Waals surface area contributed by atoms with Crippen LogP contribution in [0.3, 0.4) is 0 Å². The van der Waals surface area contributed by atoms with Gasteiger partial charge in [-0.25, -0.2) is 9.18 Å². The maximum Gasteiger partial charge on any atom is 0.341 e. The topological polar surface area (TPSA) is 106 Å². The highest BCUT2D eigenvalue weighted by Crippen LogP contribution is 2.31. The minimum atomic E-state index is -1.10. The third-order valence-corrected chi connectivity index (χ3v) is 6.31. The maximum atomic E-state index is 13.1. The number of nitrogens with one attached hydrogen (secondary N) is 1. The van der Waals surface area contributed by atoms with Crippen molar-refractivity contribution in [2.45, 2.75) is 0 Å². The summed E-state index contributed by atoms with van der Waals surface area (Å²) in [6.45, 7) is -0.483. The molecule has 0 atom stereocenters. The summed E-state index contributed by atoms with van der Waals surface area (Å²) in [6, 6.07) is 14.9. The number of anilines is 1. The van der Waals surface area contributed by atoms with E-state index in [0.717, 1.165) is 0 Å². The van der Waals surface area contributed by atoms with Gasteiger partial charge in [0, 0.05) is 22.2 Å². The van der Waals surface area contributed by atoms with Crippen molar-refractivity contribution in [3.63, 3.8) is 0 Å². The normalized spacial score (nSPS) is 10.8. The van der Waals surface area contributed by atoms with Gasteiger partial charge >= 0.3 is 5.97 Å². The first-order valence-corrected chi connectivity index (χ1v) is 11.9. The molecule has 0 aliphatic heterocycles. The molecule has 1 amide bonds. The Morgan fingerprint density at radius 3 is 2.26 bits per heavy atom. The van der Waals surface area contributed by atoms with E-state index in [9.17, 15) is 18.8 Å². The van der Waals surface area contributed by atoms with Gasteiger partial charge in [0.2, 0.25) is 5.78 Å². The summed E-state index contributed by atoms with van der Waals surface area (Å²) in [5, 5.41) is 12.2.